The van der Waals surface area contributed by atoms with Gasteiger partial charge in [0.05, 0.1) is 13.1 Å². The average molecular weight is 504 g/mol. The van der Waals surface area contributed by atoms with Crippen LogP contribution in [0.3, 0.4) is 0 Å². The normalized spacial score (nSPS) is 11.8. The molecule has 0 atom stereocenters. The van der Waals surface area contributed by atoms with Crippen molar-refractivity contribution < 1.29 is 22.7 Å². The topological polar surface area (TPSA) is 69.5 Å². The zero-order valence-electron chi connectivity index (χ0n) is 13.6. The van der Waals surface area contributed by atoms with Gasteiger partial charge in [0, 0.05) is 11.9 Å². The molecule has 3 N–H and O–H groups in total. The summed E-state index contributed by atoms with van der Waals surface area (Å²) in [5, 5.41) is 16.2. The SMILES string of the molecule is CCNC(=NCc1ccc(O)c(F)c1)NCc1nc(C(F)(F)F)cs1.I. The molecule has 2 rings (SSSR count). The van der Waals surface area contributed by atoms with Gasteiger partial charge in [-0.1, -0.05) is 6.07 Å². The second-order valence-corrected chi connectivity index (χ2v) is 5.90. The number of aliphatic imine (C=N–C) groups is 1. The van der Waals surface area contributed by atoms with E-state index in [0.29, 0.717) is 18.1 Å². The Morgan fingerprint density at radius 2 is 2.04 bits per heavy atom. The number of phenols is 1. The zero-order chi connectivity index (χ0) is 18.4. The molecule has 0 radical (unpaired) electrons. The van der Waals surface area contributed by atoms with Crippen LogP contribution in [-0.4, -0.2) is 22.6 Å². The first-order chi connectivity index (χ1) is 11.8. The van der Waals surface area contributed by atoms with Gasteiger partial charge in [0.25, 0.3) is 0 Å². The predicted molar refractivity (Wildman–Crippen MR) is 102 cm³/mol. The van der Waals surface area contributed by atoms with Gasteiger partial charge in [0.1, 0.15) is 5.01 Å². The fourth-order valence-corrected chi connectivity index (χ4v) is 2.58. The summed E-state index contributed by atoms with van der Waals surface area (Å²) in [6, 6.07) is 3.93. The van der Waals surface area contributed by atoms with E-state index in [2.05, 4.69) is 20.6 Å². The third-order valence-electron chi connectivity index (χ3n) is 3.03. The van der Waals surface area contributed by atoms with E-state index in [0.717, 1.165) is 16.7 Å². The molecule has 0 aliphatic rings. The molecule has 1 aromatic carbocycles. The number of hydrogen-bond acceptors (Lipinski definition) is 4. The number of hydrogen-bond donors (Lipinski definition) is 3. The van der Waals surface area contributed by atoms with Crippen molar-refractivity contribution in [3.63, 3.8) is 0 Å². The molecular weight excluding hydrogens is 487 g/mol. The number of benzene rings is 1. The Labute approximate surface area is 168 Å². The molecule has 0 saturated carbocycles. The fraction of sp³-hybridized carbons (Fsp3) is 0.333. The van der Waals surface area contributed by atoms with Gasteiger partial charge in [-0.3, -0.25) is 0 Å². The third-order valence-corrected chi connectivity index (χ3v) is 3.87. The van der Waals surface area contributed by atoms with Crippen LogP contribution in [0, 0.1) is 5.82 Å². The lowest BCUT2D eigenvalue weighted by molar-refractivity contribution is -0.140. The summed E-state index contributed by atoms with van der Waals surface area (Å²) in [6.45, 7) is 2.60. The van der Waals surface area contributed by atoms with Crippen molar-refractivity contribution in [2.75, 3.05) is 6.54 Å². The highest BCUT2D eigenvalue weighted by atomic mass is 127. The number of nitrogens with one attached hydrogen (secondary N) is 2. The van der Waals surface area contributed by atoms with Gasteiger partial charge in [0.15, 0.2) is 23.2 Å². The van der Waals surface area contributed by atoms with E-state index in [1.165, 1.54) is 18.2 Å². The monoisotopic (exact) mass is 504 g/mol. The van der Waals surface area contributed by atoms with E-state index in [4.69, 9.17) is 5.11 Å². The summed E-state index contributed by atoms with van der Waals surface area (Å²) in [5.41, 5.74) is -0.378. The standard InChI is InChI=1S/C15H16F4N4OS.HI/c1-2-20-14(21-6-9-3-4-11(24)10(16)5-9)22-7-13-23-12(8-25-13)15(17,18)19;/h3-5,8,24H,2,6-7H2,1H3,(H2,20,21,22);1H. The Hall–Kier alpha value is -1.63. The Morgan fingerprint density at radius 1 is 1.31 bits per heavy atom. The largest absolute Gasteiger partial charge is 0.505 e. The van der Waals surface area contributed by atoms with Gasteiger partial charge >= 0.3 is 6.18 Å². The lowest BCUT2D eigenvalue weighted by Gasteiger charge is -2.10. The minimum atomic E-state index is -4.46. The van der Waals surface area contributed by atoms with Crippen LogP contribution in [0.15, 0.2) is 28.6 Å². The van der Waals surface area contributed by atoms with Crippen LogP contribution in [0.1, 0.15) is 23.2 Å². The summed E-state index contributed by atoms with van der Waals surface area (Å²) >= 11 is 0.901. The number of aromatic nitrogens is 1. The number of thiazole rings is 1. The summed E-state index contributed by atoms with van der Waals surface area (Å²) in [5.74, 6) is -0.824. The van der Waals surface area contributed by atoms with Crippen molar-refractivity contribution in [2.45, 2.75) is 26.2 Å². The van der Waals surface area contributed by atoms with Crippen molar-refractivity contribution in [1.29, 1.82) is 0 Å². The van der Waals surface area contributed by atoms with Gasteiger partial charge < -0.3 is 15.7 Å². The molecule has 0 bridgehead atoms. The Bertz CT molecular complexity index is 751. The molecule has 26 heavy (non-hydrogen) atoms. The van der Waals surface area contributed by atoms with Crippen LogP contribution < -0.4 is 10.6 Å². The molecular formula is C15H17F4IN4OS. The summed E-state index contributed by atoms with van der Waals surface area (Å²) in [7, 11) is 0. The van der Waals surface area contributed by atoms with Crippen LogP contribution >= 0.6 is 35.3 Å². The van der Waals surface area contributed by atoms with Crippen molar-refractivity contribution in [3.8, 4) is 5.75 Å². The van der Waals surface area contributed by atoms with Crippen molar-refractivity contribution in [2.24, 2.45) is 4.99 Å². The molecule has 0 saturated heterocycles. The minimum absolute atomic E-state index is 0. The highest BCUT2D eigenvalue weighted by Crippen LogP contribution is 2.29. The van der Waals surface area contributed by atoms with Crippen LogP contribution in [-0.2, 0) is 19.3 Å². The van der Waals surface area contributed by atoms with Gasteiger partial charge in [0.2, 0.25) is 0 Å². The quantitative estimate of drug-likeness (QED) is 0.250. The fourth-order valence-electron chi connectivity index (χ4n) is 1.84. The molecule has 11 heteroatoms. The lowest BCUT2D eigenvalue weighted by atomic mass is 10.2. The second-order valence-electron chi connectivity index (χ2n) is 4.96. The predicted octanol–water partition coefficient (Wildman–Crippen LogP) is 3.88. The number of rotatable bonds is 5. The number of alkyl halides is 3. The van der Waals surface area contributed by atoms with Crippen molar-refractivity contribution in [1.82, 2.24) is 15.6 Å². The van der Waals surface area contributed by atoms with Crippen LogP contribution in [0.4, 0.5) is 17.6 Å². The summed E-state index contributed by atoms with van der Waals surface area (Å²) in [6.07, 6.45) is -4.46. The van der Waals surface area contributed by atoms with Gasteiger partial charge in [-0.2, -0.15) is 13.2 Å². The first kappa shape index (κ1) is 22.4. The molecule has 0 amide bonds. The van der Waals surface area contributed by atoms with E-state index in [-0.39, 0.29) is 42.1 Å². The number of nitrogens with zero attached hydrogens (tertiary/aromatic N) is 2. The number of guanidine groups is 1. The molecule has 0 fully saturated rings. The Morgan fingerprint density at radius 3 is 2.62 bits per heavy atom. The molecule has 5 nitrogen and oxygen atoms in total. The third kappa shape index (κ3) is 6.59. The van der Waals surface area contributed by atoms with Crippen molar-refractivity contribution in [3.05, 3.63) is 45.7 Å². The second kappa shape index (κ2) is 9.90. The smallest absolute Gasteiger partial charge is 0.434 e. The van der Waals surface area contributed by atoms with Crippen LogP contribution in [0.5, 0.6) is 5.75 Å². The van der Waals surface area contributed by atoms with E-state index >= 15 is 0 Å². The molecule has 1 aromatic heterocycles. The van der Waals surface area contributed by atoms with E-state index in [1.54, 1.807) is 0 Å². The minimum Gasteiger partial charge on any atom is -0.505 e. The van der Waals surface area contributed by atoms with E-state index in [1.807, 2.05) is 6.92 Å². The molecule has 0 unspecified atom stereocenters. The zero-order valence-corrected chi connectivity index (χ0v) is 16.7. The number of phenolic OH excluding ortho intramolecular Hbond substituents is 1. The summed E-state index contributed by atoms with van der Waals surface area (Å²) in [4.78, 5) is 7.75. The Balaban J connectivity index is 0.00000338. The summed E-state index contributed by atoms with van der Waals surface area (Å²) < 4.78 is 50.9. The first-order valence-corrected chi connectivity index (χ1v) is 8.18. The maximum absolute atomic E-state index is 13.3. The van der Waals surface area contributed by atoms with Gasteiger partial charge in [-0.15, -0.1) is 35.3 Å². The highest BCUT2D eigenvalue weighted by molar-refractivity contribution is 14.0. The molecule has 1 heterocycles. The van der Waals surface area contributed by atoms with Crippen molar-refractivity contribution >= 4 is 41.3 Å². The molecule has 0 aliphatic heterocycles. The van der Waals surface area contributed by atoms with E-state index < -0.39 is 23.4 Å². The lowest BCUT2D eigenvalue weighted by Crippen LogP contribution is -2.36. The maximum atomic E-state index is 13.3. The van der Waals surface area contributed by atoms with E-state index in [9.17, 15) is 17.6 Å². The highest BCUT2D eigenvalue weighted by Gasteiger charge is 2.33. The van der Waals surface area contributed by atoms with Gasteiger partial charge in [-0.25, -0.2) is 14.4 Å². The molecule has 144 valence electrons. The average Bonchev–Trinajstić information content (AvgIpc) is 3.02. The van der Waals surface area contributed by atoms with Gasteiger partial charge in [-0.05, 0) is 24.6 Å². The molecule has 0 aliphatic carbocycles. The number of aromatic hydroxyl groups is 1. The van der Waals surface area contributed by atoms with Crippen LogP contribution in [0.2, 0.25) is 0 Å². The number of halogens is 5. The molecule has 2 aromatic rings. The van der Waals surface area contributed by atoms with Crippen LogP contribution in [0.25, 0.3) is 0 Å². The molecule has 0 spiro atoms. The first-order valence-electron chi connectivity index (χ1n) is 7.30. The Kier molecular flexibility index (Phi) is 8.53. The maximum Gasteiger partial charge on any atom is 0.434 e.